The van der Waals surface area contributed by atoms with E-state index in [1.807, 2.05) is 6.08 Å². The molecule has 0 aromatic rings. The van der Waals surface area contributed by atoms with Crippen molar-refractivity contribution in [2.75, 3.05) is 26.3 Å². The van der Waals surface area contributed by atoms with Crippen LogP contribution in [-0.2, 0) is 4.74 Å². The number of rotatable bonds is 1. The molecule has 0 saturated carbocycles. The van der Waals surface area contributed by atoms with Crippen molar-refractivity contribution < 1.29 is 9.13 Å². The third kappa shape index (κ3) is 2.40. The zero-order chi connectivity index (χ0) is 10.9. The highest BCUT2D eigenvalue weighted by Crippen LogP contribution is 2.35. The Balaban J connectivity index is 2.12. The highest BCUT2D eigenvalue weighted by atomic mass is 19.1. The second kappa shape index (κ2) is 3.97. The summed E-state index contributed by atoms with van der Waals surface area (Å²) in [5.41, 5.74) is 0.720. The summed E-state index contributed by atoms with van der Waals surface area (Å²) in [7, 11) is 0. The van der Waals surface area contributed by atoms with Crippen molar-refractivity contribution in [3.8, 4) is 0 Å². The number of halogens is 1. The van der Waals surface area contributed by atoms with E-state index >= 15 is 0 Å². The van der Waals surface area contributed by atoms with Gasteiger partial charge in [0, 0.05) is 19.5 Å². The lowest BCUT2D eigenvalue weighted by Crippen LogP contribution is -2.36. The van der Waals surface area contributed by atoms with Crippen molar-refractivity contribution in [2.24, 2.45) is 5.41 Å². The summed E-state index contributed by atoms with van der Waals surface area (Å²) in [5, 5.41) is 0. The molecule has 0 aromatic heterocycles. The van der Waals surface area contributed by atoms with Crippen molar-refractivity contribution in [1.82, 2.24) is 4.90 Å². The zero-order valence-corrected chi connectivity index (χ0v) is 9.42. The van der Waals surface area contributed by atoms with Crippen LogP contribution in [0.2, 0.25) is 0 Å². The lowest BCUT2D eigenvalue weighted by Gasteiger charge is -2.33. The van der Waals surface area contributed by atoms with Gasteiger partial charge in [0.2, 0.25) is 0 Å². The molecule has 0 unspecified atom stereocenters. The van der Waals surface area contributed by atoms with E-state index in [-0.39, 0.29) is 11.2 Å². The Bertz CT molecular complexity index is 301. The fraction of sp³-hybridized carbons (Fsp3) is 0.667. The third-order valence-corrected chi connectivity index (χ3v) is 2.93. The lowest BCUT2D eigenvalue weighted by molar-refractivity contribution is 0.0534. The minimum Gasteiger partial charge on any atom is -0.378 e. The van der Waals surface area contributed by atoms with E-state index in [1.54, 1.807) is 0 Å². The van der Waals surface area contributed by atoms with E-state index in [4.69, 9.17) is 4.74 Å². The number of hydrogen-bond donors (Lipinski definition) is 0. The van der Waals surface area contributed by atoms with Crippen LogP contribution < -0.4 is 0 Å². The molecule has 0 spiro atoms. The molecule has 0 atom stereocenters. The number of nitrogens with zero attached hydrogens (tertiary/aromatic N) is 1. The van der Waals surface area contributed by atoms with Gasteiger partial charge in [0.15, 0.2) is 0 Å². The Morgan fingerprint density at radius 3 is 2.60 bits per heavy atom. The van der Waals surface area contributed by atoms with Crippen LogP contribution >= 0.6 is 0 Å². The van der Waals surface area contributed by atoms with Gasteiger partial charge in [-0.15, -0.1) is 0 Å². The molecule has 1 fully saturated rings. The molecule has 2 nitrogen and oxygen atoms in total. The lowest BCUT2D eigenvalue weighted by atomic mass is 9.84. The predicted molar refractivity (Wildman–Crippen MR) is 58.1 cm³/mol. The van der Waals surface area contributed by atoms with Crippen LogP contribution in [-0.4, -0.2) is 31.2 Å². The van der Waals surface area contributed by atoms with E-state index in [2.05, 4.69) is 24.8 Å². The average molecular weight is 211 g/mol. The average Bonchev–Trinajstić information content (AvgIpc) is 2.17. The van der Waals surface area contributed by atoms with Crippen molar-refractivity contribution in [3.63, 3.8) is 0 Å². The molecular weight excluding hydrogens is 193 g/mol. The molecule has 0 amide bonds. The van der Waals surface area contributed by atoms with Crippen molar-refractivity contribution >= 4 is 0 Å². The smallest absolute Gasteiger partial charge is 0.124 e. The van der Waals surface area contributed by atoms with E-state index in [0.717, 1.165) is 18.8 Å². The van der Waals surface area contributed by atoms with Gasteiger partial charge >= 0.3 is 0 Å². The molecule has 15 heavy (non-hydrogen) atoms. The molecule has 2 aliphatic rings. The molecule has 1 aliphatic heterocycles. The van der Waals surface area contributed by atoms with Crippen LogP contribution in [0, 0.1) is 5.41 Å². The molecule has 0 bridgehead atoms. The van der Waals surface area contributed by atoms with Gasteiger partial charge in [-0.3, -0.25) is 0 Å². The normalized spacial score (nSPS) is 25.9. The SMILES string of the molecule is CC1(C)C=CC(N2CCOCC2)=C(F)C1. The molecule has 1 heterocycles. The minimum atomic E-state index is -0.0418. The number of allylic oxidation sites excluding steroid dienone is 3. The maximum Gasteiger partial charge on any atom is 0.124 e. The number of hydrogen-bond acceptors (Lipinski definition) is 2. The van der Waals surface area contributed by atoms with Gasteiger partial charge in [-0.05, 0) is 11.5 Å². The molecular formula is C12H18FNO. The molecule has 0 N–H and O–H groups in total. The van der Waals surface area contributed by atoms with Crippen LogP contribution in [0.4, 0.5) is 4.39 Å². The second-order valence-corrected chi connectivity index (χ2v) is 4.89. The van der Waals surface area contributed by atoms with Crippen molar-refractivity contribution in [2.45, 2.75) is 20.3 Å². The highest BCUT2D eigenvalue weighted by molar-refractivity contribution is 5.28. The Kier molecular flexibility index (Phi) is 2.83. The first-order chi connectivity index (χ1) is 7.08. The summed E-state index contributed by atoms with van der Waals surface area (Å²) in [6, 6.07) is 0. The fourth-order valence-corrected chi connectivity index (χ4v) is 2.03. The van der Waals surface area contributed by atoms with Crippen LogP contribution in [0.25, 0.3) is 0 Å². The van der Waals surface area contributed by atoms with Crippen LogP contribution in [0.3, 0.4) is 0 Å². The van der Waals surface area contributed by atoms with Gasteiger partial charge in [-0.1, -0.05) is 19.9 Å². The molecule has 2 rings (SSSR count). The number of morpholine rings is 1. The summed E-state index contributed by atoms with van der Waals surface area (Å²) < 4.78 is 19.1. The first-order valence-electron chi connectivity index (χ1n) is 5.49. The Labute approximate surface area is 90.4 Å². The van der Waals surface area contributed by atoms with Gasteiger partial charge in [0.05, 0.1) is 18.9 Å². The number of ether oxygens (including phenoxy) is 1. The Morgan fingerprint density at radius 2 is 2.00 bits per heavy atom. The zero-order valence-electron chi connectivity index (χ0n) is 9.42. The summed E-state index contributed by atoms with van der Waals surface area (Å²) in [5.74, 6) is 0.0180. The molecule has 1 aliphatic carbocycles. The summed E-state index contributed by atoms with van der Waals surface area (Å²) >= 11 is 0. The fourth-order valence-electron chi connectivity index (χ4n) is 2.03. The van der Waals surface area contributed by atoms with Crippen LogP contribution in [0.1, 0.15) is 20.3 Å². The monoisotopic (exact) mass is 211 g/mol. The van der Waals surface area contributed by atoms with Crippen molar-refractivity contribution in [1.29, 1.82) is 0 Å². The topological polar surface area (TPSA) is 12.5 Å². The molecule has 84 valence electrons. The van der Waals surface area contributed by atoms with E-state index in [9.17, 15) is 4.39 Å². The standard InChI is InChI=1S/C12H18FNO/c1-12(2)4-3-11(10(13)9-12)14-5-7-15-8-6-14/h3-4H,5-9H2,1-2H3. The largest absolute Gasteiger partial charge is 0.378 e. The summed E-state index contributed by atoms with van der Waals surface area (Å²) in [6.45, 7) is 7.11. The Hall–Kier alpha value is -0.830. The van der Waals surface area contributed by atoms with Crippen LogP contribution in [0.5, 0.6) is 0 Å². The second-order valence-electron chi connectivity index (χ2n) is 4.89. The van der Waals surface area contributed by atoms with E-state index < -0.39 is 0 Å². The molecule has 1 saturated heterocycles. The maximum absolute atomic E-state index is 13.9. The summed E-state index contributed by atoms with van der Waals surface area (Å²) in [4.78, 5) is 2.07. The van der Waals surface area contributed by atoms with Crippen molar-refractivity contribution in [3.05, 3.63) is 23.7 Å². The van der Waals surface area contributed by atoms with Gasteiger partial charge in [-0.25, -0.2) is 4.39 Å². The predicted octanol–water partition coefficient (Wildman–Crippen LogP) is 2.49. The molecule has 3 heteroatoms. The van der Waals surface area contributed by atoms with E-state index in [0.29, 0.717) is 19.6 Å². The van der Waals surface area contributed by atoms with Crippen LogP contribution in [0.15, 0.2) is 23.7 Å². The molecule has 0 radical (unpaired) electrons. The maximum atomic E-state index is 13.9. The Morgan fingerprint density at radius 1 is 1.33 bits per heavy atom. The third-order valence-electron chi connectivity index (χ3n) is 2.93. The first kappa shape index (κ1) is 10.7. The minimum absolute atomic E-state index is 0.0180. The first-order valence-corrected chi connectivity index (χ1v) is 5.49. The molecule has 0 aromatic carbocycles. The van der Waals surface area contributed by atoms with Gasteiger partial charge in [0.25, 0.3) is 0 Å². The quantitative estimate of drug-likeness (QED) is 0.660. The highest BCUT2D eigenvalue weighted by Gasteiger charge is 2.25. The van der Waals surface area contributed by atoms with Gasteiger partial charge in [0.1, 0.15) is 5.83 Å². The van der Waals surface area contributed by atoms with E-state index in [1.165, 1.54) is 0 Å². The summed E-state index contributed by atoms with van der Waals surface area (Å²) in [6.07, 6.45) is 4.53. The van der Waals surface area contributed by atoms with Gasteiger partial charge < -0.3 is 9.64 Å². The van der Waals surface area contributed by atoms with Gasteiger partial charge in [-0.2, -0.15) is 0 Å².